The van der Waals surface area contributed by atoms with Crippen LogP contribution in [0.1, 0.15) is 40.7 Å². The van der Waals surface area contributed by atoms with Crippen molar-refractivity contribution in [3.63, 3.8) is 0 Å². The molecule has 2 heterocycles. The van der Waals surface area contributed by atoms with Gasteiger partial charge >= 0.3 is 17.8 Å². The lowest BCUT2D eigenvalue weighted by atomic mass is 10.2. The van der Waals surface area contributed by atoms with Crippen LogP contribution in [0.4, 0.5) is 10.8 Å². The van der Waals surface area contributed by atoms with Gasteiger partial charge in [-0.2, -0.15) is 0 Å². The first-order valence-corrected chi connectivity index (χ1v) is 10.3. The third-order valence-corrected chi connectivity index (χ3v) is 5.47. The van der Waals surface area contributed by atoms with E-state index in [2.05, 4.69) is 20.5 Å². The number of carbonyl (C=O) groups is 3. The highest BCUT2D eigenvalue weighted by molar-refractivity contribution is 7.16. The van der Waals surface area contributed by atoms with Gasteiger partial charge in [-0.05, 0) is 25.6 Å². The number of likely N-dealkylation sites (N-methyl/N-ethyl adjacent to an activating group) is 1. The number of nitrogens with zero attached hydrogens (tertiary/aromatic N) is 2. The zero-order chi connectivity index (χ0) is 20.8. The number of amides is 2. The Balaban J connectivity index is 1.63. The van der Waals surface area contributed by atoms with E-state index in [4.69, 9.17) is 4.74 Å². The van der Waals surface area contributed by atoms with Crippen LogP contribution in [-0.2, 0) is 27.3 Å². The number of aromatic nitrogens is 1. The molecule has 0 fully saturated rings. The van der Waals surface area contributed by atoms with Gasteiger partial charge < -0.3 is 15.0 Å². The van der Waals surface area contributed by atoms with Crippen LogP contribution >= 0.6 is 11.3 Å². The highest BCUT2D eigenvalue weighted by Crippen LogP contribution is 2.27. The topological polar surface area (TPSA) is 101 Å². The summed E-state index contributed by atoms with van der Waals surface area (Å²) in [5.74, 6) is -2.24. The first-order valence-electron chi connectivity index (χ1n) is 9.53. The van der Waals surface area contributed by atoms with Crippen molar-refractivity contribution in [2.45, 2.75) is 32.7 Å². The number of fused-ring (bicyclic) bond motifs is 1. The molecule has 1 aliphatic heterocycles. The van der Waals surface area contributed by atoms with Gasteiger partial charge in [0.1, 0.15) is 0 Å². The summed E-state index contributed by atoms with van der Waals surface area (Å²) >= 11 is 1.37. The van der Waals surface area contributed by atoms with Crippen molar-refractivity contribution in [2.24, 2.45) is 0 Å². The Bertz CT molecular complexity index is 912. The normalized spacial score (nSPS) is 13.4. The lowest BCUT2D eigenvalue weighted by Gasteiger charge is -2.20. The Hall–Kier alpha value is -2.78. The molecule has 2 aromatic rings. The fourth-order valence-corrected chi connectivity index (χ4v) is 3.95. The minimum Gasteiger partial charge on any atom is -0.462 e. The summed E-state index contributed by atoms with van der Waals surface area (Å²) in [5.41, 5.74) is 1.40. The van der Waals surface area contributed by atoms with Crippen LogP contribution in [0.25, 0.3) is 0 Å². The standard InChI is InChI=1S/C20H24N4O4S/c1-3-4-11-28-19(27)13-7-5-6-8-14(13)21-17(25)18(26)23-20-22-15-9-10-24(2)12-16(15)29-20/h5-8H,3-4,9-12H2,1-2H3,(H,21,25)(H,22,23,26). The number of carbonyl (C=O) groups excluding carboxylic acids is 3. The number of benzene rings is 1. The number of thiazole rings is 1. The van der Waals surface area contributed by atoms with Gasteiger partial charge in [0.2, 0.25) is 0 Å². The van der Waals surface area contributed by atoms with E-state index in [1.54, 1.807) is 24.3 Å². The van der Waals surface area contributed by atoms with Crippen LogP contribution in [0.15, 0.2) is 24.3 Å². The molecule has 0 unspecified atom stereocenters. The van der Waals surface area contributed by atoms with Crippen molar-refractivity contribution in [3.8, 4) is 0 Å². The molecular formula is C20H24N4O4S. The number of rotatable bonds is 6. The summed E-state index contributed by atoms with van der Waals surface area (Å²) in [6.45, 7) is 4.00. The lowest BCUT2D eigenvalue weighted by Crippen LogP contribution is -2.29. The summed E-state index contributed by atoms with van der Waals surface area (Å²) in [5, 5.41) is 5.43. The number of nitrogens with one attached hydrogen (secondary N) is 2. The van der Waals surface area contributed by atoms with Crippen molar-refractivity contribution in [3.05, 3.63) is 40.4 Å². The van der Waals surface area contributed by atoms with Crippen LogP contribution < -0.4 is 10.6 Å². The van der Waals surface area contributed by atoms with Crippen LogP contribution in [0, 0.1) is 0 Å². The van der Waals surface area contributed by atoms with Gasteiger partial charge in [-0.3, -0.25) is 14.9 Å². The lowest BCUT2D eigenvalue weighted by molar-refractivity contribution is -0.133. The summed E-state index contributed by atoms with van der Waals surface area (Å²) in [7, 11) is 2.03. The SMILES string of the molecule is CCCCOC(=O)c1ccccc1NC(=O)C(=O)Nc1nc2c(s1)CN(C)CC2. The Kier molecular flexibility index (Phi) is 6.95. The van der Waals surface area contributed by atoms with Gasteiger partial charge in [0.05, 0.1) is 23.6 Å². The van der Waals surface area contributed by atoms with Gasteiger partial charge in [-0.25, -0.2) is 9.78 Å². The number of esters is 1. The Morgan fingerprint density at radius 2 is 1.97 bits per heavy atom. The van der Waals surface area contributed by atoms with E-state index in [0.29, 0.717) is 11.7 Å². The third kappa shape index (κ3) is 5.39. The van der Waals surface area contributed by atoms with Gasteiger partial charge in [-0.15, -0.1) is 11.3 Å². The highest BCUT2D eigenvalue weighted by Gasteiger charge is 2.22. The smallest absolute Gasteiger partial charge is 0.340 e. The van der Waals surface area contributed by atoms with E-state index < -0.39 is 17.8 Å². The number of ether oxygens (including phenoxy) is 1. The molecule has 8 nitrogen and oxygen atoms in total. The summed E-state index contributed by atoms with van der Waals surface area (Å²) < 4.78 is 5.20. The number of anilines is 2. The van der Waals surface area contributed by atoms with Crippen LogP contribution in [0.2, 0.25) is 0 Å². The molecule has 0 saturated carbocycles. The summed E-state index contributed by atoms with van der Waals surface area (Å²) in [6, 6.07) is 6.44. The number of unbranched alkanes of at least 4 members (excludes halogenated alkanes) is 1. The second-order valence-corrected chi connectivity index (χ2v) is 7.90. The van der Waals surface area contributed by atoms with Crippen molar-refractivity contribution in [1.82, 2.24) is 9.88 Å². The number of hydrogen-bond donors (Lipinski definition) is 2. The molecule has 1 aliphatic rings. The van der Waals surface area contributed by atoms with Gasteiger partial charge in [0, 0.05) is 24.4 Å². The molecule has 0 saturated heterocycles. The second-order valence-electron chi connectivity index (χ2n) is 6.82. The largest absolute Gasteiger partial charge is 0.462 e. The average Bonchev–Trinajstić information content (AvgIpc) is 3.09. The maximum absolute atomic E-state index is 12.3. The van der Waals surface area contributed by atoms with Crippen molar-refractivity contribution in [2.75, 3.05) is 30.8 Å². The predicted octanol–water partition coefficient (Wildman–Crippen LogP) is 2.67. The van der Waals surface area contributed by atoms with Gasteiger partial charge in [-0.1, -0.05) is 25.5 Å². The van der Waals surface area contributed by atoms with E-state index in [0.717, 1.165) is 42.9 Å². The maximum Gasteiger partial charge on any atom is 0.340 e. The van der Waals surface area contributed by atoms with E-state index in [1.165, 1.54) is 11.3 Å². The van der Waals surface area contributed by atoms with E-state index in [1.807, 2.05) is 14.0 Å². The average molecular weight is 417 g/mol. The molecule has 0 atom stereocenters. The van der Waals surface area contributed by atoms with Crippen LogP contribution in [0.3, 0.4) is 0 Å². The number of para-hydroxylation sites is 1. The van der Waals surface area contributed by atoms with Crippen molar-refractivity contribution in [1.29, 1.82) is 0 Å². The van der Waals surface area contributed by atoms with E-state index >= 15 is 0 Å². The molecule has 1 aromatic carbocycles. The molecule has 0 bridgehead atoms. The maximum atomic E-state index is 12.3. The zero-order valence-corrected chi connectivity index (χ0v) is 17.3. The fourth-order valence-electron chi connectivity index (χ4n) is 2.87. The molecule has 1 aromatic heterocycles. The molecule has 9 heteroatoms. The third-order valence-electron chi connectivity index (χ3n) is 4.48. The summed E-state index contributed by atoms with van der Waals surface area (Å²) in [6.07, 6.45) is 2.48. The van der Waals surface area contributed by atoms with Gasteiger partial charge in [0.15, 0.2) is 5.13 Å². The molecular weight excluding hydrogens is 392 g/mol. The molecule has 0 radical (unpaired) electrons. The number of hydrogen-bond acceptors (Lipinski definition) is 7. The molecule has 2 amide bonds. The quantitative estimate of drug-likeness (QED) is 0.427. The molecule has 2 N–H and O–H groups in total. The molecule has 0 spiro atoms. The minimum absolute atomic E-state index is 0.206. The predicted molar refractivity (Wildman–Crippen MR) is 111 cm³/mol. The Morgan fingerprint density at radius 1 is 1.21 bits per heavy atom. The van der Waals surface area contributed by atoms with Crippen molar-refractivity contribution >= 4 is 39.9 Å². The monoisotopic (exact) mass is 416 g/mol. The molecule has 3 rings (SSSR count). The first-order chi connectivity index (χ1) is 14.0. The van der Waals surface area contributed by atoms with Crippen LogP contribution in [-0.4, -0.2) is 47.9 Å². The van der Waals surface area contributed by atoms with Crippen LogP contribution in [0.5, 0.6) is 0 Å². The molecule has 29 heavy (non-hydrogen) atoms. The Labute approximate surface area is 173 Å². The zero-order valence-electron chi connectivity index (χ0n) is 16.5. The van der Waals surface area contributed by atoms with E-state index in [9.17, 15) is 14.4 Å². The first kappa shape index (κ1) is 20.9. The second kappa shape index (κ2) is 9.62. The van der Waals surface area contributed by atoms with E-state index in [-0.39, 0.29) is 11.3 Å². The van der Waals surface area contributed by atoms with Gasteiger partial charge in [0.25, 0.3) is 0 Å². The molecule has 0 aliphatic carbocycles. The summed E-state index contributed by atoms with van der Waals surface area (Å²) in [4.78, 5) is 44.6. The fraction of sp³-hybridized carbons (Fsp3) is 0.400. The minimum atomic E-state index is -0.871. The molecule has 154 valence electrons. The highest BCUT2D eigenvalue weighted by atomic mass is 32.1. The van der Waals surface area contributed by atoms with Crippen molar-refractivity contribution < 1.29 is 19.1 Å². The Morgan fingerprint density at radius 3 is 2.76 bits per heavy atom.